The van der Waals surface area contributed by atoms with Crippen LogP contribution in [0, 0.1) is 17.3 Å². The van der Waals surface area contributed by atoms with Crippen LogP contribution in [0.15, 0.2) is 12.4 Å². The lowest BCUT2D eigenvalue weighted by Gasteiger charge is -2.44. The van der Waals surface area contributed by atoms with E-state index in [2.05, 4.69) is 24.0 Å². The predicted molar refractivity (Wildman–Crippen MR) is 60.7 cm³/mol. The average Bonchev–Trinajstić information content (AvgIpc) is 2.62. The molecule has 1 aliphatic rings. The highest BCUT2D eigenvalue weighted by Crippen LogP contribution is 2.46. The van der Waals surface area contributed by atoms with Gasteiger partial charge in [0.05, 0.1) is 18.9 Å². The molecule has 1 aromatic rings. The van der Waals surface area contributed by atoms with Crippen LogP contribution in [0.25, 0.3) is 0 Å². The zero-order valence-electron chi connectivity index (χ0n) is 10.2. The van der Waals surface area contributed by atoms with Gasteiger partial charge in [-0.1, -0.05) is 13.8 Å². The Hall–Kier alpha value is -1.19. The number of hydrogen-bond acceptors (Lipinski definition) is 3. The minimum atomic E-state index is -0.159. The van der Waals surface area contributed by atoms with Gasteiger partial charge in [0.2, 0.25) is 0 Å². The lowest BCUT2D eigenvalue weighted by Crippen LogP contribution is -2.41. The van der Waals surface area contributed by atoms with Gasteiger partial charge in [-0.15, -0.1) is 0 Å². The molecule has 0 aliphatic heterocycles. The Morgan fingerprint density at radius 2 is 1.94 bits per heavy atom. The molecule has 0 amide bonds. The fourth-order valence-corrected chi connectivity index (χ4v) is 2.33. The van der Waals surface area contributed by atoms with Crippen molar-refractivity contribution in [3.8, 4) is 0 Å². The van der Waals surface area contributed by atoms with Crippen LogP contribution in [0.3, 0.4) is 0 Å². The molecule has 0 atom stereocenters. The van der Waals surface area contributed by atoms with Crippen LogP contribution in [0.4, 0.5) is 0 Å². The molecule has 1 aromatic heterocycles. The number of Topliss-reactive ketones (excluding diaryl/α,β-unsaturated/α-hetero) is 1. The predicted octanol–water partition coefficient (Wildman–Crippen LogP) is 1.92. The molecule has 4 heteroatoms. The normalized spacial score (nSPS) is 25.2. The zero-order valence-corrected chi connectivity index (χ0v) is 10.2. The van der Waals surface area contributed by atoms with Crippen LogP contribution >= 0.6 is 0 Å². The molecule has 1 aliphatic carbocycles. The third kappa shape index (κ3) is 2.01. The Morgan fingerprint density at radius 3 is 2.44 bits per heavy atom. The number of aromatic nitrogens is 3. The summed E-state index contributed by atoms with van der Waals surface area (Å²) < 4.78 is 0. The van der Waals surface area contributed by atoms with Gasteiger partial charge in [-0.3, -0.25) is 4.79 Å². The van der Waals surface area contributed by atoms with Crippen molar-refractivity contribution in [1.29, 1.82) is 0 Å². The molecule has 4 nitrogen and oxygen atoms in total. The highest BCUT2D eigenvalue weighted by molar-refractivity contribution is 5.81. The lowest BCUT2D eigenvalue weighted by molar-refractivity contribution is -0.130. The van der Waals surface area contributed by atoms with E-state index in [1.54, 1.807) is 24.1 Å². The summed E-state index contributed by atoms with van der Waals surface area (Å²) >= 11 is 0. The minimum absolute atomic E-state index is 0.159. The first kappa shape index (κ1) is 11.3. The van der Waals surface area contributed by atoms with Crippen molar-refractivity contribution in [2.24, 2.45) is 17.3 Å². The highest BCUT2D eigenvalue weighted by atomic mass is 16.1. The van der Waals surface area contributed by atoms with E-state index in [1.807, 2.05) is 0 Å². The van der Waals surface area contributed by atoms with Gasteiger partial charge in [-0.2, -0.15) is 15.0 Å². The molecule has 0 unspecified atom stereocenters. The number of hydrogen-bond donors (Lipinski definition) is 0. The van der Waals surface area contributed by atoms with Crippen molar-refractivity contribution in [1.82, 2.24) is 15.0 Å². The Balaban J connectivity index is 1.84. The van der Waals surface area contributed by atoms with E-state index in [0.717, 1.165) is 19.4 Å². The first-order valence-corrected chi connectivity index (χ1v) is 5.85. The third-order valence-electron chi connectivity index (χ3n) is 4.05. The van der Waals surface area contributed by atoms with Crippen molar-refractivity contribution in [3.63, 3.8) is 0 Å². The molecular formula is C12H19N3O. The van der Waals surface area contributed by atoms with E-state index in [4.69, 9.17) is 0 Å². The molecule has 0 bridgehead atoms. The Kier molecular flexibility index (Phi) is 2.82. The van der Waals surface area contributed by atoms with Gasteiger partial charge in [-0.05, 0) is 31.6 Å². The lowest BCUT2D eigenvalue weighted by atomic mass is 9.61. The van der Waals surface area contributed by atoms with E-state index in [0.29, 0.717) is 17.6 Å². The van der Waals surface area contributed by atoms with Crippen LogP contribution in [0.2, 0.25) is 0 Å². The smallest absolute Gasteiger partial charge is 0.135 e. The van der Waals surface area contributed by atoms with E-state index in [1.165, 1.54) is 0 Å². The molecule has 2 rings (SSSR count). The Morgan fingerprint density at radius 1 is 1.38 bits per heavy atom. The van der Waals surface area contributed by atoms with E-state index in [-0.39, 0.29) is 5.41 Å². The molecule has 0 aromatic carbocycles. The molecule has 16 heavy (non-hydrogen) atoms. The fraction of sp³-hybridized carbons (Fsp3) is 0.750. The van der Waals surface area contributed by atoms with Crippen LogP contribution in [-0.2, 0) is 11.3 Å². The third-order valence-corrected chi connectivity index (χ3v) is 4.05. The largest absolute Gasteiger partial charge is 0.299 e. The topological polar surface area (TPSA) is 47.8 Å². The highest BCUT2D eigenvalue weighted by Gasteiger charge is 2.42. The van der Waals surface area contributed by atoms with E-state index >= 15 is 0 Å². The summed E-state index contributed by atoms with van der Waals surface area (Å²) in [4.78, 5) is 13.2. The van der Waals surface area contributed by atoms with Crippen LogP contribution in [0.5, 0.6) is 0 Å². The van der Waals surface area contributed by atoms with Crippen molar-refractivity contribution in [2.45, 2.75) is 40.2 Å². The summed E-state index contributed by atoms with van der Waals surface area (Å²) in [5.74, 6) is 1.47. The van der Waals surface area contributed by atoms with Gasteiger partial charge in [0.15, 0.2) is 0 Å². The maximum Gasteiger partial charge on any atom is 0.135 e. The minimum Gasteiger partial charge on any atom is -0.299 e. The van der Waals surface area contributed by atoms with E-state index in [9.17, 15) is 4.79 Å². The van der Waals surface area contributed by atoms with Crippen molar-refractivity contribution in [2.75, 3.05) is 0 Å². The number of rotatable bonds is 4. The van der Waals surface area contributed by atoms with E-state index < -0.39 is 0 Å². The number of nitrogens with zero attached hydrogens (tertiary/aromatic N) is 3. The van der Waals surface area contributed by atoms with Crippen LogP contribution in [-0.4, -0.2) is 20.8 Å². The monoisotopic (exact) mass is 221 g/mol. The maximum atomic E-state index is 11.5. The van der Waals surface area contributed by atoms with Crippen molar-refractivity contribution >= 4 is 5.78 Å². The SMILES string of the molecule is CC(=O)C(C)(C)C1CC(Cn2nccn2)C1. The summed E-state index contributed by atoms with van der Waals surface area (Å²) in [7, 11) is 0. The molecule has 1 fully saturated rings. The van der Waals surface area contributed by atoms with Gasteiger partial charge in [0.1, 0.15) is 5.78 Å². The second-order valence-corrected chi connectivity index (χ2v) is 5.40. The van der Waals surface area contributed by atoms with Crippen LogP contribution < -0.4 is 0 Å². The van der Waals surface area contributed by atoms with Gasteiger partial charge < -0.3 is 0 Å². The van der Waals surface area contributed by atoms with Crippen molar-refractivity contribution in [3.05, 3.63) is 12.4 Å². The number of carbonyl (C=O) groups excluding carboxylic acids is 1. The van der Waals surface area contributed by atoms with Gasteiger partial charge in [0, 0.05) is 5.41 Å². The quantitative estimate of drug-likeness (QED) is 0.780. The molecule has 88 valence electrons. The zero-order chi connectivity index (χ0) is 11.8. The number of ketones is 1. The molecule has 0 saturated heterocycles. The molecule has 0 N–H and O–H groups in total. The average molecular weight is 221 g/mol. The van der Waals surface area contributed by atoms with Crippen LogP contribution in [0.1, 0.15) is 33.6 Å². The number of carbonyl (C=O) groups is 1. The standard InChI is InChI=1S/C12H19N3O/c1-9(16)12(2,3)11-6-10(7-11)8-15-13-4-5-14-15/h4-5,10-11H,6-8H2,1-3H3. The summed E-state index contributed by atoms with van der Waals surface area (Å²) in [6.45, 7) is 6.70. The second kappa shape index (κ2) is 4.00. The summed E-state index contributed by atoms with van der Waals surface area (Å²) in [6, 6.07) is 0. The van der Waals surface area contributed by atoms with Gasteiger partial charge in [-0.25, -0.2) is 0 Å². The second-order valence-electron chi connectivity index (χ2n) is 5.40. The fourth-order valence-electron chi connectivity index (χ4n) is 2.33. The first-order chi connectivity index (χ1) is 7.50. The molecule has 0 radical (unpaired) electrons. The first-order valence-electron chi connectivity index (χ1n) is 5.85. The van der Waals surface area contributed by atoms with Gasteiger partial charge in [0.25, 0.3) is 0 Å². The van der Waals surface area contributed by atoms with Crippen molar-refractivity contribution < 1.29 is 4.79 Å². The molecule has 1 saturated carbocycles. The Labute approximate surface area is 96.0 Å². The molecule has 1 heterocycles. The Bertz CT molecular complexity index is 364. The maximum absolute atomic E-state index is 11.5. The summed E-state index contributed by atoms with van der Waals surface area (Å²) in [5, 5.41) is 8.20. The molecular weight excluding hydrogens is 202 g/mol. The summed E-state index contributed by atoms with van der Waals surface area (Å²) in [5.41, 5.74) is -0.159. The van der Waals surface area contributed by atoms with Gasteiger partial charge >= 0.3 is 0 Å². The molecule has 0 spiro atoms. The summed E-state index contributed by atoms with van der Waals surface area (Å²) in [6.07, 6.45) is 5.65.